The first-order chi connectivity index (χ1) is 7.03. The zero-order valence-electron chi connectivity index (χ0n) is 9.62. The van der Waals surface area contributed by atoms with Gasteiger partial charge in [0.05, 0.1) is 11.3 Å². The van der Waals surface area contributed by atoms with Gasteiger partial charge in [-0.25, -0.2) is 9.97 Å². The summed E-state index contributed by atoms with van der Waals surface area (Å²) in [4.78, 5) is 8.29. The molecule has 0 fully saturated rings. The SMILES string of the molecule is CCC(C)(O)CNCc1ccnc(C)n1. The average molecular weight is 209 g/mol. The largest absolute Gasteiger partial charge is 0.389 e. The molecule has 15 heavy (non-hydrogen) atoms. The molecule has 0 amide bonds. The quantitative estimate of drug-likeness (QED) is 0.760. The van der Waals surface area contributed by atoms with Crippen molar-refractivity contribution in [3.63, 3.8) is 0 Å². The van der Waals surface area contributed by atoms with Crippen LogP contribution < -0.4 is 5.32 Å². The van der Waals surface area contributed by atoms with Crippen LogP contribution in [0.2, 0.25) is 0 Å². The second kappa shape index (κ2) is 5.19. The lowest BCUT2D eigenvalue weighted by atomic mass is 10.0. The fraction of sp³-hybridized carbons (Fsp3) is 0.636. The summed E-state index contributed by atoms with van der Waals surface area (Å²) in [6.45, 7) is 6.90. The predicted octanol–water partition coefficient (Wildman–Crippen LogP) is 1.04. The van der Waals surface area contributed by atoms with Gasteiger partial charge in [0.25, 0.3) is 0 Å². The third-order valence-corrected chi connectivity index (χ3v) is 2.41. The summed E-state index contributed by atoms with van der Waals surface area (Å²) < 4.78 is 0. The van der Waals surface area contributed by atoms with E-state index in [-0.39, 0.29) is 0 Å². The molecule has 0 aromatic carbocycles. The molecule has 0 spiro atoms. The maximum atomic E-state index is 9.76. The molecule has 1 aromatic heterocycles. The fourth-order valence-electron chi connectivity index (χ4n) is 1.19. The monoisotopic (exact) mass is 209 g/mol. The molecule has 0 saturated carbocycles. The van der Waals surface area contributed by atoms with Gasteiger partial charge in [-0.05, 0) is 26.3 Å². The van der Waals surface area contributed by atoms with Gasteiger partial charge in [0.2, 0.25) is 0 Å². The van der Waals surface area contributed by atoms with Crippen LogP contribution in [0.5, 0.6) is 0 Å². The topological polar surface area (TPSA) is 58.0 Å². The van der Waals surface area contributed by atoms with Crippen LogP contribution in [-0.4, -0.2) is 27.2 Å². The smallest absolute Gasteiger partial charge is 0.125 e. The highest BCUT2D eigenvalue weighted by molar-refractivity contribution is 5.01. The van der Waals surface area contributed by atoms with Crippen molar-refractivity contribution < 1.29 is 5.11 Å². The van der Waals surface area contributed by atoms with Crippen LogP contribution in [0.3, 0.4) is 0 Å². The lowest BCUT2D eigenvalue weighted by Crippen LogP contribution is -2.36. The summed E-state index contributed by atoms with van der Waals surface area (Å²) in [5.41, 5.74) is 0.316. The minimum Gasteiger partial charge on any atom is -0.389 e. The maximum Gasteiger partial charge on any atom is 0.125 e. The first-order valence-electron chi connectivity index (χ1n) is 5.25. The standard InChI is InChI=1S/C11H19N3O/c1-4-11(3,15)8-12-7-10-5-6-13-9(2)14-10/h5-6,12,15H,4,7-8H2,1-3H3. The van der Waals surface area contributed by atoms with Crippen LogP contribution in [0.4, 0.5) is 0 Å². The number of aryl methyl sites for hydroxylation is 1. The Morgan fingerprint density at radius 3 is 2.87 bits per heavy atom. The molecule has 0 radical (unpaired) electrons. The van der Waals surface area contributed by atoms with Crippen molar-refractivity contribution in [2.75, 3.05) is 6.54 Å². The fourth-order valence-corrected chi connectivity index (χ4v) is 1.19. The van der Waals surface area contributed by atoms with E-state index in [2.05, 4.69) is 15.3 Å². The summed E-state index contributed by atoms with van der Waals surface area (Å²) in [5.74, 6) is 0.775. The third kappa shape index (κ3) is 4.36. The Morgan fingerprint density at radius 2 is 2.27 bits per heavy atom. The first kappa shape index (κ1) is 12.1. The highest BCUT2D eigenvalue weighted by Gasteiger charge is 2.16. The number of aliphatic hydroxyl groups is 1. The second-order valence-electron chi connectivity index (χ2n) is 4.05. The summed E-state index contributed by atoms with van der Waals surface area (Å²) >= 11 is 0. The van der Waals surface area contributed by atoms with Gasteiger partial charge in [0.15, 0.2) is 0 Å². The summed E-state index contributed by atoms with van der Waals surface area (Å²) in [7, 11) is 0. The van der Waals surface area contributed by atoms with Crippen LogP contribution in [0, 0.1) is 6.92 Å². The molecule has 0 aliphatic heterocycles. The van der Waals surface area contributed by atoms with E-state index in [0.29, 0.717) is 13.1 Å². The van der Waals surface area contributed by atoms with E-state index in [1.54, 1.807) is 6.20 Å². The molecule has 0 bridgehead atoms. The van der Waals surface area contributed by atoms with E-state index in [0.717, 1.165) is 17.9 Å². The molecule has 4 heteroatoms. The van der Waals surface area contributed by atoms with Crippen molar-refractivity contribution in [3.05, 3.63) is 23.8 Å². The second-order valence-corrected chi connectivity index (χ2v) is 4.05. The van der Waals surface area contributed by atoms with Crippen LogP contribution in [-0.2, 0) is 6.54 Å². The molecule has 0 saturated heterocycles. The molecule has 0 aliphatic rings. The molecule has 1 atom stereocenters. The Balaban J connectivity index is 2.38. The van der Waals surface area contributed by atoms with E-state index in [9.17, 15) is 5.11 Å². The first-order valence-corrected chi connectivity index (χ1v) is 5.25. The van der Waals surface area contributed by atoms with Crippen molar-refractivity contribution in [2.45, 2.75) is 39.3 Å². The van der Waals surface area contributed by atoms with Gasteiger partial charge in [-0.2, -0.15) is 0 Å². The number of rotatable bonds is 5. The van der Waals surface area contributed by atoms with Crippen molar-refractivity contribution in [2.24, 2.45) is 0 Å². The Hall–Kier alpha value is -1.00. The minimum atomic E-state index is -0.637. The van der Waals surface area contributed by atoms with E-state index < -0.39 is 5.60 Å². The van der Waals surface area contributed by atoms with Crippen molar-refractivity contribution >= 4 is 0 Å². The number of aromatic nitrogens is 2. The van der Waals surface area contributed by atoms with E-state index >= 15 is 0 Å². The van der Waals surface area contributed by atoms with Crippen LogP contribution in [0.1, 0.15) is 31.8 Å². The van der Waals surface area contributed by atoms with Crippen LogP contribution >= 0.6 is 0 Å². The molecule has 0 aliphatic carbocycles. The summed E-state index contributed by atoms with van der Waals surface area (Å²) in [6, 6.07) is 1.88. The molecule has 1 heterocycles. The van der Waals surface area contributed by atoms with Crippen molar-refractivity contribution in [3.8, 4) is 0 Å². The third-order valence-electron chi connectivity index (χ3n) is 2.41. The summed E-state index contributed by atoms with van der Waals surface area (Å²) in [6.07, 6.45) is 2.49. The van der Waals surface area contributed by atoms with Gasteiger partial charge in [-0.1, -0.05) is 6.92 Å². The van der Waals surface area contributed by atoms with Crippen LogP contribution in [0.25, 0.3) is 0 Å². The Morgan fingerprint density at radius 1 is 1.53 bits per heavy atom. The molecule has 1 unspecified atom stereocenters. The number of nitrogens with zero attached hydrogens (tertiary/aromatic N) is 2. The molecule has 84 valence electrons. The van der Waals surface area contributed by atoms with Gasteiger partial charge in [-0.15, -0.1) is 0 Å². The molecule has 4 nitrogen and oxygen atoms in total. The number of hydrogen-bond donors (Lipinski definition) is 2. The van der Waals surface area contributed by atoms with E-state index in [4.69, 9.17) is 0 Å². The highest BCUT2D eigenvalue weighted by atomic mass is 16.3. The highest BCUT2D eigenvalue weighted by Crippen LogP contribution is 2.06. The zero-order chi connectivity index (χ0) is 11.3. The average Bonchev–Trinajstić information content (AvgIpc) is 2.18. The van der Waals surface area contributed by atoms with Crippen LogP contribution in [0.15, 0.2) is 12.3 Å². The maximum absolute atomic E-state index is 9.76. The van der Waals surface area contributed by atoms with E-state index in [1.165, 1.54) is 0 Å². The molecule has 2 N–H and O–H groups in total. The van der Waals surface area contributed by atoms with Gasteiger partial charge in [0.1, 0.15) is 5.82 Å². The summed E-state index contributed by atoms with van der Waals surface area (Å²) in [5, 5.41) is 12.9. The molecule has 1 aromatic rings. The molecular formula is C11H19N3O. The zero-order valence-corrected chi connectivity index (χ0v) is 9.62. The number of hydrogen-bond acceptors (Lipinski definition) is 4. The van der Waals surface area contributed by atoms with Gasteiger partial charge >= 0.3 is 0 Å². The van der Waals surface area contributed by atoms with Gasteiger partial charge in [0, 0.05) is 19.3 Å². The Kier molecular flexibility index (Phi) is 4.17. The predicted molar refractivity (Wildman–Crippen MR) is 59.4 cm³/mol. The minimum absolute atomic E-state index is 0.576. The Bertz CT molecular complexity index is 312. The molecule has 1 rings (SSSR count). The van der Waals surface area contributed by atoms with E-state index in [1.807, 2.05) is 26.8 Å². The normalized spacial score (nSPS) is 14.9. The van der Waals surface area contributed by atoms with Gasteiger partial charge in [-0.3, -0.25) is 0 Å². The lowest BCUT2D eigenvalue weighted by Gasteiger charge is -2.21. The Labute approximate surface area is 90.8 Å². The number of nitrogens with one attached hydrogen (secondary N) is 1. The van der Waals surface area contributed by atoms with Crippen molar-refractivity contribution in [1.29, 1.82) is 0 Å². The van der Waals surface area contributed by atoms with Crippen molar-refractivity contribution in [1.82, 2.24) is 15.3 Å². The lowest BCUT2D eigenvalue weighted by molar-refractivity contribution is 0.0555. The van der Waals surface area contributed by atoms with Gasteiger partial charge < -0.3 is 10.4 Å². The molecular weight excluding hydrogens is 190 g/mol.